The van der Waals surface area contributed by atoms with Crippen LogP contribution in [0.15, 0.2) is 29.8 Å². The van der Waals surface area contributed by atoms with Crippen LogP contribution in [-0.2, 0) is 25.5 Å². The third-order valence-electron chi connectivity index (χ3n) is 8.19. The van der Waals surface area contributed by atoms with Crippen LogP contribution in [0.5, 0.6) is 0 Å². The average molecular weight is 660 g/mol. The molecule has 254 valence electrons. The molecule has 1 aliphatic carbocycles. The number of hydrogen-bond acceptors (Lipinski definition) is 6. The largest absolute Gasteiger partial charge is 0.465 e. The fourth-order valence-electron chi connectivity index (χ4n) is 5.85. The van der Waals surface area contributed by atoms with Gasteiger partial charge in [-0.05, 0) is 62.6 Å². The molecule has 1 aromatic rings. The number of amides is 3. The molecule has 3 amide bonds. The van der Waals surface area contributed by atoms with Crippen LogP contribution in [0.25, 0.3) is 0 Å². The zero-order valence-corrected chi connectivity index (χ0v) is 27.2. The summed E-state index contributed by atoms with van der Waals surface area (Å²) in [5, 5.41) is 24.2. The van der Waals surface area contributed by atoms with Gasteiger partial charge in [0.15, 0.2) is 6.29 Å². The van der Waals surface area contributed by atoms with Crippen LogP contribution in [0, 0.1) is 17.6 Å². The molecule has 10 nitrogen and oxygen atoms in total. The fourth-order valence-corrected chi connectivity index (χ4v) is 5.85. The van der Waals surface area contributed by atoms with E-state index in [1.165, 1.54) is 19.4 Å². The van der Waals surface area contributed by atoms with Crippen molar-refractivity contribution in [2.75, 3.05) is 32.8 Å². The van der Waals surface area contributed by atoms with Gasteiger partial charge in [0.2, 0.25) is 11.8 Å². The second kappa shape index (κ2) is 19.0. The van der Waals surface area contributed by atoms with Crippen molar-refractivity contribution >= 4 is 30.3 Å². The highest BCUT2D eigenvalue weighted by Gasteiger charge is 2.41. The number of aliphatic hydroxyl groups is 1. The van der Waals surface area contributed by atoms with Gasteiger partial charge in [-0.25, -0.2) is 13.6 Å². The molecule has 0 aromatic heterocycles. The summed E-state index contributed by atoms with van der Waals surface area (Å²) in [4.78, 5) is 41.0. The predicted molar refractivity (Wildman–Crippen MR) is 167 cm³/mol. The van der Waals surface area contributed by atoms with E-state index in [1.807, 2.05) is 13.8 Å². The Hall–Kier alpha value is -2.80. The minimum atomic E-state index is -1.53. The topological polar surface area (TPSA) is 129 Å². The van der Waals surface area contributed by atoms with Gasteiger partial charge in [0.25, 0.3) is 0 Å². The van der Waals surface area contributed by atoms with E-state index in [0.29, 0.717) is 31.7 Å². The molecule has 45 heavy (non-hydrogen) atoms. The molecule has 2 aliphatic rings. The van der Waals surface area contributed by atoms with Crippen molar-refractivity contribution in [1.82, 2.24) is 15.1 Å². The quantitative estimate of drug-likeness (QED) is 0.248. The van der Waals surface area contributed by atoms with E-state index in [9.17, 15) is 33.4 Å². The lowest BCUT2D eigenvalue weighted by molar-refractivity contribution is -0.205. The van der Waals surface area contributed by atoms with Gasteiger partial charge in [-0.15, -0.1) is 12.4 Å². The smallest absolute Gasteiger partial charge is 0.407 e. The van der Waals surface area contributed by atoms with Gasteiger partial charge >= 0.3 is 6.09 Å². The van der Waals surface area contributed by atoms with Gasteiger partial charge in [-0.1, -0.05) is 33.1 Å². The van der Waals surface area contributed by atoms with E-state index in [0.717, 1.165) is 55.6 Å². The van der Waals surface area contributed by atoms with Crippen LogP contribution in [0.3, 0.4) is 0 Å². The van der Waals surface area contributed by atoms with Gasteiger partial charge in [0, 0.05) is 30.8 Å². The molecule has 1 aromatic carbocycles. The van der Waals surface area contributed by atoms with Crippen molar-refractivity contribution in [2.45, 2.75) is 96.6 Å². The minimum Gasteiger partial charge on any atom is -0.465 e. The molecule has 1 heterocycles. The van der Waals surface area contributed by atoms with Crippen molar-refractivity contribution in [3.8, 4) is 0 Å². The number of rotatable bonds is 14. The number of ether oxygens (including phenoxy) is 2. The zero-order valence-electron chi connectivity index (χ0n) is 26.4. The van der Waals surface area contributed by atoms with E-state index >= 15 is 0 Å². The highest BCUT2D eigenvalue weighted by atomic mass is 35.5. The molecule has 0 radical (unpaired) electrons. The number of carboxylic acid groups (broad SMARTS) is 1. The van der Waals surface area contributed by atoms with Crippen LogP contribution in [-0.4, -0.2) is 95.2 Å². The second-order valence-electron chi connectivity index (χ2n) is 11.8. The Morgan fingerprint density at radius 3 is 2.31 bits per heavy atom. The van der Waals surface area contributed by atoms with Crippen LogP contribution in [0.2, 0.25) is 0 Å². The molecule has 2 fully saturated rings. The summed E-state index contributed by atoms with van der Waals surface area (Å²) in [6.45, 7) is 6.48. The number of aliphatic hydroxyl groups excluding tert-OH is 1. The van der Waals surface area contributed by atoms with Crippen LogP contribution in [0.1, 0.15) is 71.3 Å². The van der Waals surface area contributed by atoms with Gasteiger partial charge < -0.3 is 29.9 Å². The number of morpholine rings is 1. The van der Waals surface area contributed by atoms with Crippen molar-refractivity contribution in [1.29, 1.82) is 0 Å². The molecule has 13 heteroatoms. The number of nitrogens with zero attached hydrogens (tertiary/aromatic N) is 2. The Bertz CT molecular complexity index is 1130. The number of hydrogen-bond donors (Lipinski definition) is 3. The Morgan fingerprint density at radius 2 is 1.73 bits per heavy atom. The van der Waals surface area contributed by atoms with Crippen molar-refractivity contribution in [3.63, 3.8) is 0 Å². The third-order valence-corrected chi connectivity index (χ3v) is 8.19. The van der Waals surface area contributed by atoms with Gasteiger partial charge in [0.05, 0.1) is 37.9 Å². The highest BCUT2D eigenvalue weighted by Crippen LogP contribution is 2.26. The summed E-state index contributed by atoms with van der Waals surface area (Å²) in [7, 11) is 0. The summed E-state index contributed by atoms with van der Waals surface area (Å²) in [6, 6.07) is 0.575. The maximum absolute atomic E-state index is 14.0. The number of nitrogens with one attached hydrogen (secondary N) is 1. The molecule has 3 rings (SSSR count). The SMILES string of the molecule is CCCN(CCC)C(=O)C=C(C)C(=O)N[C@@H](Cc1cc(F)cc(F)c1)[C@H](O)[C@H]1CO[C@@H](OCC2CCCCC2)CN1C(=O)O.Cl. The summed E-state index contributed by atoms with van der Waals surface area (Å²) in [5.41, 5.74) is 0.218. The molecule has 1 aliphatic heterocycles. The second-order valence-corrected chi connectivity index (χ2v) is 11.8. The molecule has 0 unspecified atom stereocenters. The maximum Gasteiger partial charge on any atom is 0.407 e. The predicted octanol–water partition coefficient (Wildman–Crippen LogP) is 4.67. The average Bonchev–Trinajstić information content (AvgIpc) is 2.99. The standard InChI is InChI=1S/C32H47F2N3O7.ClH/c1-4-11-36(12-5-2)28(38)13-21(3)31(40)35-26(16-23-14-24(33)17-25(34)15-23)30(39)27-20-44-29(18-37(27)32(41)42)43-19-22-9-7-6-8-10-22;/h13-15,17,22,26-27,29-30,39H,4-12,16,18-20H2,1-3H3,(H,35,40)(H,41,42);1H/t26-,27+,29+,30-;/m0./s1. The molecule has 1 saturated carbocycles. The lowest BCUT2D eigenvalue weighted by Gasteiger charge is -2.42. The number of halogens is 3. The molecule has 3 N–H and O–H groups in total. The van der Waals surface area contributed by atoms with Crippen LogP contribution >= 0.6 is 12.4 Å². The van der Waals surface area contributed by atoms with Gasteiger partial charge in [-0.3, -0.25) is 14.5 Å². The Labute approximate surface area is 270 Å². The Balaban J connectivity index is 0.00000705. The first-order chi connectivity index (χ1) is 21.0. The van der Waals surface area contributed by atoms with Gasteiger partial charge in [-0.2, -0.15) is 0 Å². The molecular weight excluding hydrogens is 612 g/mol. The fraction of sp³-hybridized carbons (Fsp3) is 0.656. The summed E-state index contributed by atoms with van der Waals surface area (Å²) < 4.78 is 39.8. The van der Waals surface area contributed by atoms with Crippen molar-refractivity contribution in [2.24, 2.45) is 5.92 Å². The van der Waals surface area contributed by atoms with Crippen LogP contribution < -0.4 is 5.32 Å². The van der Waals surface area contributed by atoms with Crippen molar-refractivity contribution in [3.05, 3.63) is 47.0 Å². The number of carbonyl (C=O) groups is 3. The van der Waals surface area contributed by atoms with Crippen molar-refractivity contribution < 1.29 is 42.9 Å². The summed E-state index contributed by atoms with van der Waals surface area (Å²) in [5.74, 6) is -2.29. The Kier molecular flexibility index (Phi) is 16.2. The van der Waals surface area contributed by atoms with E-state index in [-0.39, 0.29) is 49.0 Å². The first-order valence-electron chi connectivity index (χ1n) is 15.7. The van der Waals surface area contributed by atoms with Gasteiger partial charge in [0.1, 0.15) is 11.6 Å². The summed E-state index contributed by atoms with van der Waals surface area (Å²) in [6.07, 6.45) is 4.42. The minimum absolute atomic E-state index is 0. The van der Waals surface area contributed by atoms with E-state index < -0.39 is 48.1 Å². The summed E-state index contributed by atoms with van der Waals surface area (Å²) >= 11 is 0. The normalized spacial score (nSPS) is 20.6. The van der Waals surface area contributed by atoms with E-state index in [2.05, 4.69) is 5.32 Å². The Morgan fingerprint density at radius 1 is 1.11 bits per heavy atom. The number of benzene rings is 1. The number of carbonyl (C=O) groups excluding carboxylic acids is 2. The highest BCUT2D eigenvalue weighted by molar-refractivity contribution is 6.00. The molecule has 0 spiro atoms. The van der Waals surface area contributed by atoms with E-state index in [1.54, 1.807) is 4.90 Å². The van der Waals surface area contributed by atoms with E-state index in [4.69, 9.17) is 9.47 Å². The third kappa shape index (κ3) is 11.8. The lowest BCUT2D eigenvalue weighted by Crippen LogP contribution is -2.62. The first-order valence-corrected chi connectivity index (χ1v) is 15.7. The molecule has 1 saturated heterocycles. The monoisotopic (exact) mass is 659 g/mol. The first kappa shape index (κ1) is 38.4. The maximum atomic E-state index is 14.0. The molecular formula is C32H48ClF2N3O7. The zero-order chi connectivity index (χ0) is 32.2. The van der Waals surface area contributed by atoms with Crippen LogP contribution in [0.4, 0.5) is 13.6 Å². The molecule has 4 atom stereocenters. The molecule has 0 bridgehead atoms. The lowest BCUT2D eigenvalue weighted by atomic mass is 9.90.